The third-order valence-electron chi connectivity index (χ3n) is 6.39. The highest BCUT2D eigenvalue weighted by Crippen LogP contribution is 2.30. The van der Waals surface area contributed by atoms with Crippen LogP contribution in [0.4, 0.5) is 5.82 Å². The van der Waals surface area contributed by atoms with Crippen LogP contribution in [0.3, 0.4) is 0 Å². The Bertz CT molecular complexity index is 1400. The van der Waals surface area contributed by atoms with Gasteiger partial charge in [0.2, 0.25) is 5.91 Å². The van der Waals surface area contributed by atoms with E-state index in [1.807, 2.05) is 61.0 Å². The second kappa shape index (κ2) is 9.99. The molecular weight excluding hydrogens is 478 g/mol. The molecule has 184 valence electrons. The molecule has 0 radical (unpaired) electrons. The normalized spacial score (nSPS) is 13.1. The van der Waals surface area contributed by atoms with Crippen molar-refractivity contribution in [1.82, 2.24) is 20.3 Å². The van der Waals surface area contributed by atoms with Crippen molar-refractivity contribution >= 4 is 29.2 Å². The predicted molar refractivity (Wildman–Crippen MR) is 137 cm³/mol. The van der Waals surface area contributed by atoms with Crippen molar-refractivity contribution in [1.29, 1.82) is 0 Å². The van der Waals surface area contributed by atoms with E-state index in [0.717, 1.165) is 39.7 Å². The van der Waals surface area contributed by atoms with Gasteiger partial charge in [-0.05, 0) is 50.1 Å². The van der Waals surface area contributed by atoms with Crippen LogP contribution in [-0.2, 0) is 24.3 Å². The fourth-order valence-corrected chi connectivity index (χ4v) is 4.61. The number of hydrogen-bond donors (Lipinski definition) is 1. The van der Waals surface area contributed by atoms with Crippen LogP contribution in [0, 0.1) is 13.8 Å². The van der Waals surface area contributed by atoms with Crippen molar-refractivity contribution in [2.75, 3.05) is 11.4 Å². The van der Waals surface area contributed by atoms with E-state index in [1.165, 1.54) is 0 Å². The largest absolute Gasteiger partial charge is 0.361 e. The molecule has 0 fully saturated rings. The van der Waals surface area contributed by atoms with Gasteiger partial charge in [0.1, 0.15) is 11.6 Å². The molecule has 8 nitrogen and oxygen atoms in total. The van der Waals surface area contributed by atoms with Crippen molar-refractivity contribution in [3.63, 3.8) is 0 Å². The molecule has 0 atom stereocenters. The van der Waals surface area contributed by atoms with Crippen molar-refractivity contribution in [3.05, 3.63) is 87.8 Å². The number of amides is 2. The van der Waals surface area contributed by atoms with E-state index in [9.17, 15) is 9.59 Å². The van der Waals surface area contributed by atoms with Gasteiger partial charge in [-0.25, -0.2) is 4.68 Å². The number of rotatable bonds is 7. The van der Waals surface area contributed by atoms with E-state index in [2.05, 4.69) is 15.6 Å². The molecule has 0 aliphatic carbocycles. The van der Waals surface area contributed by atoms with Gasteiger partial charge in [-0.1, -0.05) is 41.0 Å². The first-order valence-corrected chi connectivity index (χ1v) is 12.2. The maximum Gasteiger partial charge on any atom is 0.251 e. The molecule has 3 heterocycles. The first-order valence-electron chi connectivity index (χ1n) is 11.8. The smallest absolute Gasteiger partial charge is 0.251 e. The molecule has 9 heteroatoms. The molecular formula is C27H26ClN5O3. The van der Waals surface area contributed by atoms with Crippen LogP contribution in [0.15, 0.2) is 59.1 Å². The first kappa shape index (κ1) is 23.8. The third kappa shape index (κ3) is 4.90. The van der Waals surface area contributed by atoms with Gasteiger partial charge in [0, 0.05) is 40.7 Å². The van der Waals surface area contributed by atoms with Crippen molar-refractivity contribution in [2.24, 2.45) is 0 Å². The maximum atomic E-state index is 12.8. The van der Waals surface area contributed by atoms with Crippen LogP contribution < -0.4 is 10.2 Å². The number of benzene rings is 2. The SMILES string of the molecule is Cc1noc(C)c1CCNC(=O)c1ccc(CN2C(=O)CCn3nc(-c4cccc(Cl)c4)cc32)cc1. The number of anilines is 1. The minimum Gasteiger partial charge on any atom is -0.361 e. The number of nitrogens with one attached hydrogen (secondary N) is 1. The number of aromatic nitrogens is 3. The van der Waals surface area contributed by atoms with Gasteiger partial charge in [-0.3, -0.25) is 14.5 Å². The second-order valence-corrected chi connectivity index (χ2v) is 9.29. The topological polar surface area (TPSA) is 93.3 Å². The predicted octanol–water partition coefficient (Wildman–Crippen LogP) is 4.72. The Hall–Kier alpha value is -3.91. The van der Waals surface area contributed by atoms with Gasteiger partial charge >= 0.3 is 0 Å². The Morgan fingerprint density at radius 2 is 1.94 bits per heavy atom. The molecule has 1 aliphatic rings. The van der Waals surface area contributed by atoms with Gasteiger partial charge in [-0.2, -0.15) is 5.10 Å². The van der Waals surface area contributed by atoms with E-state index >= 15 is 0 Å². The highest BCUT2D eigenvalue weighted by Gasteiger charge is 2.26. The highest BCUT2D eigenvalue weighted by atomic mass is 35.5. The lowest BCUT2D eigenvalue weighted by atomic mass is 10.1. The Morgan fingerprint density at radius 3 is 2.67 bits per heavy atom. The van der Waals surface area contributed by atoms with Crippen LogP contribution in [0.5, 0.6) is 0 Å². The number of carbonyl (C=O) groups is 2. The molecule has 2 aromatic carbocycles. The Labute approximate surface area is 213 Å². The average molecular weight is 504 g/mol. The van der Waals surface area contributed by atoms with E-state index in [0.29, 0.717) is 43.1 Å². The summed E-state index contributed by atoms with van der Waals surface area (Å²) in [7, 11) is 0. The van der Waals surface area contributed by atoms with E-state index < -0.39 is 0 Å². The molecule has 0 saturated carbocycles. The molecule has 4 aromatic rings. The summed E-state index contributed by atoms with van der Waals surface area (Å²) in [4.78, 5) is 27.1. The van der Waals surface area contributed by atoms with E-state index in [4.69, 9.17) is 16.1 Å². The standard InChI is InChI=1S/C27H26ClN5O3/c1-17-23(18(2)36-31-17)10-12-29-27(35)20-8-6-19(7-9-20)16-32-25-15-24(21-4-3-5-22(28)14-21)30-33(25)13-11-26(32)34/h3-9,14-15H,10-13,16H2,1-2H3,(H,29,35). The molecule has 1 aliphatic heterocycles. The Kier molecular flexibility index (Phi) is 6.61. The highest BCUT2D eigenvalue weighted by molar-refractivity contribution is 6.30. The molecule has 2 aromatic heterocycles. The fourth-order valence-electron chi connectivity index (χ4n) is 4.42. The van der Waals surface area contributed by atoms with E-state index in [1.54, 1.807) is 17.0 Å². The van der Waals surface area contributed by atoms with Gasteiger partial charge in [0.15, 0.2) is 0 Å². The van der Waals surface area contributed by atoms with E-state index in [-0.39, 0.29) is 11.8 Å². The molecule has 36 heavy (non-hydrogen) atoms. The van der Waals surface area contributed by atoms with Gasteiger partial charge in [0.05, 0.1) is 24.5 Å². The van der Waals surface area contributed by atoms with Crippen molar-refractivity contribution in [3.8, 4) is 11.3 Å². The number of hydrogen-bond acceptors (Lipinski definition) is 5. The summed E-state index contributed by atoms with van der Waals surface area (Å²) in [6.45, 7) is 5.19. The third-order valence-corrected chi connectivity index (χ3v) is 6.63. The molecule has 0 unspecified atom stereocenters. The molecule has 0 spiro atoms. The lowest BCUT2D eigenvalue weighted by molar-refractivity contribution is -0.119. The van der Waals surface area contributed by atoms with Gasteiger partial charge < -0.3 is 9.84 Å². The van der Waals surface area contributed by atoms with Crippen molar-refractivity contribution in [2.45, 2.75) is 39.8 Å². The van der Waals surface area contributed by atoms with Crippen molar-refractivity contribution < 1.29 is 14.1 Å². The fraction of sp³-hybridized carbons (Fsp3) is 0.259. The summed E-state index contributed by atoms with van der Waals surface area (Å²) in [6, 6.07) is 16.8. The maximum absolute atomic E-state index is 12.8. The Balaban J connectivity index is 1.25. The zero-order valence-electron chi connectivity index (χ0n) is 20.1. The summed E-state index contributed by atoms with van der Waals surface area (Å²) >= 11 is 6.15. The summed E-state index contributed by atoms with van der Waals surface area (Å²) in [5.41, 5.74) is 5.04. The van der Waals surface area contributed by atoms with Gasteiger partial charge in [-0.15, -0.1) is 0 Å². The number of carbonyl (C=O) groups excluding carboxylic acids is 2. The number of halogens is 1. The quantitative estimate of drug-likeness (QED) is 0.394. The summed E-state index contributed by atoms with van der Waals surface area (Å²) in [5, 5.41) is 12.2. The Morgan fingerprint density at radius 1 is 1.14 bits per heavy atom. The van der Waals surface area contributed by atoms with Crippen LogP contribution in [-0.4, -0.2) is 33.3 Å². The first-order chi connectivity index (χ1) is 17.4. The monoisotopic (exact) mass is 503 g/mol. The molecule has 5 rings (SSSR count). The van der Waals surface area contributed by atoms with Crippen LogP contribution in [0.25, 0.3) is 11.3 Å². The zero-order chi connectivity index (χ0) is 25.2. The second-order valence-electron chi connectivity index (χ2n) is 8.86. The van der Waals surface area contributed by atoms with Crippen LogP contribution in [0.1, 0.15) is 39.4 Å². The molecule has 2 amide bonds. The number of fused-ring (bicyclic) bond motifs is 1. The molecule has 0 saturated heterocycles. The summed E-state index contributed by atoms with van der Waals surface area (Å²) in [5.74, 6) is 1.43. The summed E-state index contributed by atoms with van der Waals surface area (Å²) in [6.07, 6.45) is 1.04. The zero-order valence-corrected chi connectivity index (χ0v) is 20.9. The molecule has 0 bridgehead atoms. The summed E-state index contributed by atoms with van der Waals surface area (Å²) < 4.78 is 7.03. The minimum atomic E-state index is -0.147. The number of nitrogens with zero attached hydrogens (tertiary/aromatic N) is 4. The average Bonchev–Trinajstić information content (AvgIpc) is 3.45. The van der Waals surface area contributed by atoms with Gasteiger partial charge in [0.25, 0.3) is 5.91 Å². The lowest BCUT2D eigenvalue weighted by Gasteiger charge is -2.27. The van der Waals surface area contributed by atoms with Crippen LogP contribution in [0.2, 0.25) is 5.02 Å². The van der Waals surface area contributed by atoms with Crippen LogP contribution >= 0.6 is 11.6 Å². The number of aryl methyl sites for hydroxylation is 3. The minimum absolute atomic E-state index is 0.0428. The lowest BCUT2D eigenvalue weighted by Crippen LogP contribution is -2.36. The molecule has 1 N–H and O–H groups in total.